The van der Waals surface area contributed by atoms with E-state index in [0.717, 1.165) is 24.0 Å². The van der Waals surface area contributed by atoms with Gasteiger partial charge in [-0.1, -0.05) is 6.07 Å². The van der Waals surface area contributed by atoms with E-state index in [1.807, 2.05) is 12.1 Å². The summed E-state index contributed by atoms with van der Waals surface area (Å²) in [6.45, 7) is 0.0876. The zero-order chi connectivity index (χ0) is 13.2. The van der Waals surface area contributed by atoms with Crippen LogP contribution in [0, 0.1) is 0 Å². The lowest BCUT2D eigenvalue weighted by Gasteiger charge is -2.10. The highest BCUT2D eigenvalue weighted by atomic mass is 19.4. The number of ether oxygens (including phenoxy) is 1. The molecule has 0 aliphatic heterocycles. The van der Waals surface area contributed by atoms with Crippen LogP contribution >= 0.6 is 0 Å². The van der Waals surface area contributed by atoms with Crippen molar-refractivity contribution in [2.45, 2.75) is 37.9 Å². The van der Waals surface area contributed by atoms with Gasteiger partial charge in [-0.25, -0.2) is 0 Å². The van der Waals surface area contributed by atoms with Gasteiger partial charge in [0.2, 0.25) is 0 Å². The van der Waals surface area contributed by atoms with Gasteiger partial charge in [0.15, 0.2) is 0 Å². The predicted octanol–water partition coefficient (Wildman–Crippen LogP) is 3.35. The van der Waals surface area contributed by atoms with E-state index in [1.54, 1.807) is 6.07 Å². The first kappa shape index (κ1) is 13.2. The van der Waals surface area contributed by atoms with Crippen LogP contribution < -0.4 is 10.5 Å². The summed E-state index contributed by atoms with van der Waals surface area (Å²) < 4.78 is 41.1. The van der Waals surface area contributed by atoms with Crippen LogP contribution in [0.15, 0.2) is 18.2 Å². The lowest BCUT2D eigenvalue weighted by molar-refractivity contribution is -0.136. The fraction of sp³-hybridized carbons (Fsp3) is 0.538. The molecule has 0 radical (unpaired) electrons. The minimum Gasteiger partial charge on any atom is -0.494 e. The minimum absolute atomic E-state index is 0.0138. The molecule has 1 aliphatic rings. The molecule has 0 saturated heterocycles. The van der Waals surface area contributed by atoms with E-state index in [1.165, 1.54) is 0 Å². The molecule has 2 nitrogen and oxygen atoms in total. The highest BCUT2D eigenvalue weighted by Crippen LogP contribution is 2.32. The van der Waals surface area contributed by atoms with Gasteiger partial charge in [-0.05, 0) is 42.5 Å². The molecule has 18 heavy (non-hydrogen) atoms. The van der Waals surface area contributed by atoms with Gasteiger partial charge in [-0.2, -0.15) is 13.2 Å². The number of hydrogen-bond acceptors (Lipinski definition) is 2. The van der Waals surface area contributed by atoms with Gasteiger partial charge < -0.3 is 10.5 Å². The minimum atomic E-state index is -4.10. The summed E-state index contributed by atoms with van der Waals surface area (Å²) in [5, 5.41) is 0. The van der Waals surface area contributed by atoms with E-state index in [2.05, 4.69) is 0 Å². The van der Waals surface area contributed by atoms with Crippen LogP contribution in [0.5, 0.6) is 5.75 Å². The number of aryl methyl sites for hydroxylation is 1. The molecular weight excluding hydrogens is 243 g/mol. The first-order valence-corrected chi connectivity index (χ1v) is 6.04. The van der Waals surface area contributed by atoms with Gasteiger partial charge in [0.05, 0.1) is 6.61 Å². The first-order valence-electron chi connectivity index (χ1n) is 6.04. The lowest BCUT2D eigenvalue weighted by atomic mass is 10.1. The van der Waals surface area contributed by atoms with Gasteiger partial charge >= 0.3 is 6.18 Å². The van der Waals surface area contributed by atoms with Crippen LogP contribution in [-0.4, -0.2) is 12.8 Å². The lowest BCUT2D eigenvalue weighted by Crippen LogP contribution is -2.09. The zero-order valence-corrected chi connectivity index (χ0v) is 9.96. The molecular formula is C13H16F3NO. The monoisotopic (exact) mass is 259 g/mol. The number of rotatable bonds is 4. The van der Waals surface area contributed by atoms with Gasteiger partial charge in [-0.15, -0.1) is 0 Å². The van der Waals surface area contributed by atoms with Gasteiger partial charge in [-0.3, -0.25) is 0 Å². The van der Waals surface area contributed by atoms with Gasteiger partial charge in [0.25, 0.3) is 0 Å². The fourth-order valence-corrected chi connectivity index (χ4v) is 2.18. The number of hydrogen-bond donors (Lipinski definition) is 1. The Bertz CT molecular complexity index is 417. The largest absolute Gasteiger partial charge is 0.494 e. The molecule has 1 aromatic rings. The summed E-state index contributed by atoms with van der Waals surface area (Å²) in [5.41, 5.74) is 8.17. The van der Waals surface area contributed by atoms with Crippen LogP contribution in [0.25, 0.3) is 0 Å². The maximum Gasteiger partial charge on any atom is 0.389 e. The Kier molecular flexibility index (Phi) is 3.80. The molecule has 0 amide bonds. The predicted molar refractivity (Wildman–Crippen MR) is 62.5 cm³/mol. The van der Waals surface area contributed by atoms with E-state index >= 15 is 0 Å². The molecule has 0 aromatic heterocycles. The van der Waals surface area contributed by atoms with Gasteiger partial charge in [0, 0.05) is 12.5 Å². The Balaban J connectivity index is 1.84. The van der Waals surface area contributed by atoms with E-state index in [0.29, 0.717) is 5.75 Å². The van der Waals surface area contributed by atoms with Crippen LogP contribution in [0.4, 0.5) is 13.2 Å². The molecule has 5 heteroatoms. The quantitative estimate of drug-likeness (QED) is 0.841. The van der Waals surface area contributed by atoms with Crippen molar-refractivity contribution in [2.75, 3.05) is 6.61 Å². The molecule has 1 atom stereocenters. The van der Waals surface area contributed by atoms with Crippen molar-refractivity contribution >= 4 is 0 Å². The zero-order valence-electron chi connectivity index (χ0n) is 9.96. The number of halogens is 3. The molecule has 2 rings (SSSR count). The van der Waals surface area contributed by atoms with E-state index in [4.69, 9.17) is 10.5 Å². The maximum atomic E-state index is 11.9. The van der Waals surface area contributed by atoms with Crippen molar-refractivity contribution < 1.29 is 17.9 Å². The summed E-state index contributed by atoms with van der Waals surface area (Å²) >= 11 is 0. The Morgan fingerprint density at radius 2 is 2.11 bits per heavy atom. The van der Waals surface area contributed by atoms with Crippen LogP contribution in [-0.2, 0) is 6.42 Å². The molecule has 0 spiro atoms. The Morgan fingerprint density at radius 3 is 2.83 bits per heavy atom. The molecule has 0 saturated carbocycles. The Labute approximate surface area is 104 Å². The molecule has 0 bridgehead atoms. The smallest absolute Gasteiger partial charge is 0.389 e. The number of fused-ring (bicyclic) bond motifs is 1. The van der Waals surface area contributed by atoms with Crippen molar-refractivity contribution in [2.24, 2.45) is 5.73 Å². The molecule has 0 heterocycles. The Hall–Kier alpha value is -1.23. The molecule has 2 N–H and O–H groups in total. The molecule has 1 aromatic carbocycles. The second-order valence-corrected chi connectivity index (χ2v) is 4.57. The summed E-state index contributed by atoms with van der Waals surface area (Å²) in [7, 11) is 0. The highest BCUT2D eigenvalue weighted by Gasteiger charge is 2.26. The van der Waals surface area contributed by atoms with Crippen molar-refractivity contribution in [3.05, 3.63) is 29.3 Å². The van der Waals surface area contributed by atoms with Crippen molar-refractivity contribution in [1.82, 2.24) is 0 Å². The fourth-order valence-electron chi connectivity index (χ4n) is 2.18. The second kappa shape index (κ2) is 5.18. The SMILES string of the molecule is N[C@H]1CCc2cc(OCCCC(F)(F)F)ccc21. The molecule has 0 unspecified atom stereocenters. The summed E-state index contributed by atoms with van der Waals surface area (Å²) in [4.78, 5) is 0. The molecule has 0 fully saturated rings. The Morgan fingerprint density at radius 1 is 1.33 bits per heavy atom. The first-order chi connectivity index (χ1) is 8.46. The number of nitrogens with two attached hydrogens (primary N) is 1. The number of benzene rings is 1. The third-order valence-corrected chi connectivity index (χ3v) is 3.11. The molecule has 1 aliphatic carbocycles. The standard InChI is InChI=1S/C13H16F3NO/c14-13(15,16)6-1-7-18-10-3-4-11-9(8-10)2-5-12(11)17/h3-4,8,12H,1-2,5-7,17H2/t12-/m0/s1. The molecule has 100 valence electrons. The van der Waals surface area contributed by atoms with Crippen molar-refractivity contribution in [3.8, 4) is 5.75 Å². The topological polar surface area (TPSA) is 35.2 Å². The van der Waals surface area contributed by atoms with Crippen molar-refractivity contribution in [3.63, 3.8) is 0 Å². The summed E-state index contributed by atoms with van der Waals surface area (Å²) in [5.74, 6) is 0.630. The third-order valence-electron chi connectivity index (χ3n) is 3.11. The second-order valence-electron chi connectivity index (χ2n) is 4.57. The summed E-state index contributed by atoms with van der Waals surface area (Å²) in [6, 6.07) is 5.65. The normalized spacial score (nSPS) is 18.8. The van der Waals surface area contributed by atoms with E-state index in [-0.39, 0.29) is 19.1 Å². The third kappa shape index (κ3) is 3.38. The number of alkyl halides is 3. The van der Waals surface area contributed by atoms with E-state index in [9.17, 15) is 13.2 Å². The van der Waals surface area contributed by atoms with Crippen LogP contribution in [0.2, 0.25) is 0 Å². The van der Waals surface area contributed by atoms with E-state index < -0.39 is 12.6 Å². The highest BCUT2D eigenvalue weighted by molar-refractivity contribution is 5.40. The average Bonchev–Trinajstić information content (AvgIpc) is 2.65. The summed E-state index contributed by atoms with van der Waals surface area (Å²) in [6.07, 6.45) is -3.08. The van der Waals surface area contributed by atoms with Gasteiger partial charge in [0.1, 0.15) is 5.75 Å². The van der Waals surface area contributed by atoms with Crippen molar-refractivity contribution in [1.29, 1.82) is 0 Å². The average molecular weight is 259 g/mol. The maximum absolute atomic E-state index is 11.9. The van der Waals surface area contributed by atoms with Crippen LogP contribution in [0.3, 0.4) is 0 Å². The van der Waals surface area contributed by atoms with Crippen LogP contribution in [0.1, 0.15) is 36.4 Å².